The Hall–Kier alpha value is -1.19. The molecule has 1 aromatic heterocycles. The Kier molecular flexibility index (Phi) is 3.55. The number of hydrogen-bond acceptors (Lipinski definition) is 6. The van der Waals surface area contributed by atoms with Crippen molar-refractivity contribution in [3.63, 3.8) is 0 Å². The molecule has 1 fully saturated rings. The first-order chi connectivity index (χ1) is 8.38. The molecule has 0 spiro atoms. The van der Waals surface area contributed by atoms with Crippen LogP contribution in [-0.2, 0) is 20.3 Å². The highest BCUT2D eigenvalue weighted by molar-refractivity contribution is 8.13. The van der Waals surface area contributed by atoms with Crippen LogP contribution in [0.4, 0.5) is 5.82 Å². The molecule has 1 aliphatic rings. The molecule has 1 aromatic rings. The van der Waals surface area contributed by atoms with E-state index in [1.165, 1.54) is 4.68 Å². The second kappa shape index (κ2) is 4.82. The number of hydrogen-bond donors (Lipinski definition) is 0. The average molecular weight is 296 g/mol. The molecule has 0 N–H and O–H groups in total. The maximum atomic E-state index is 11.2. The lowest BCUT2D eigenvalue weighted by Crippen LogP contribution is -2.15. The van der Waals surface area contributed by atoms with Gasteiger partial charge in [-0.05, 0) is 17.8 Å². The van der Waals surface area contributed by atoms with Crippen molar-refractivity contribution in [2.75, 3.05) is 6.61 Å². The predicted molar refractivity (Wildman–Crippen MR) is 60.9 cm³/mol. The Morgan fingerprint density at radius 3 is 2.83 bits per heavy atom. The Labute approximate surface area is 107 Å². The molecule has 0 aromatic carbocycles. The van der Waals surface area contributed by atoms with Crippen LogP contribution in [0.25, 0.3) is 0 Å². The number of halogens is 1. The summed E-state index contributed by atoms with van der Waals surface area (Å²) in [4.78, 5) is 9.23. The fourth-order valence-corrected chi connectivity index (χ4v) is 2.69. The predicted octanol–water partition coefficient (Wildman–Crippen LogP) is 0.898. The van der Waals surface area contributed by atoms with Gasteiger partial charge in [0.1, 0.15) is 0 Å². The van der Waals surface area contributed by atoms with Crippen molar-refractivity contribution in [2.24, 2.45) is 0 Å². The van der Waals surface area contributed by atoms with Crippen LogP contribution in [-0.4, -0.2) is 35.8 Å². The first-order valence-electron chi connectivity index (χ1n) is 5.16. The molecule has 0 bridgehead atoms. The zero-order valence-electron chi connectivity index (χ0n) is 9.15. The first kappa shape index (κ1) is 13.2. The SMILES string of the molecule is O=[N+]([O-])c1nn(CC2CCCO2)cc1S(=O)(=O)Cl. The van der Waals surface area contributed by atoms with Crippen LogP contribution in [0.15, 0.2) is 11.1 Å². The molecule has 18 heavy (non-hydrogen) atoms. The molecule has 10 heteroatoms. The smallest absolute Gasteiger partial charge is 0.376 e. The lowest BCUT2D eigenvalue weighted by atomic mass is 10.2. The second-order valence-corrected chi connectivity index (χ2v) is 6.40. The summed E-state index contributed by atoms with van der Waals surface area (Å²) < 4.78 is 28.9. The fraction of sp³-hybridized carbons (Fsp3) is 0.625. The summed E-state index contributed by atoms with van der Waals surface area (Å²) in [6, 6.07) is 0. The lowest BCUT2D eigenvalue weighted by Gasteiger charge is -2.05. The zero-order chi connectivity index (χ0) is 13.3. The molecule has 2 rings (SSSR count). The molecule has 1 atom stereocenters. The summed E-state index contributed by atoms with van der Waals surface area (Å²) in [6.45, 7) is 0.905. The van der Waals surface area contributed by atoms with E-state index in [0.717, 1.165) is 19.0 Å². The van der Waals surface area contributed by atoms with Crippen LogP contribution in [0.3, 0.4) is 0 Å². The average Bonchev–Trinajstić information content (AvgIpc) is 2.85. The monoisotopic (exact) mass is 295 g/mol. The van der Waals surface area contributed by atoms with Crippen LogP contribution in [0.2, 0.25) is 0 Å². The molecule has 2 heterocycles. The molecule has 100 valence electrons. The van der Waals surface area contributed by atoms with Gasteiger partial charge in [-0.15, -0.1) is 0 Å². The van der Waals surface area contributed by atoms with Crippen molar-refractivity contribution in [1.82, 2.24) is 9.78 Å². The number of nitro groups is 1. The van der Waals surface area contributed by atoms with E-state index in [9.17, 15) is 18.5 Å². The summed E-state index contributed by atoms with van der Waals surface area (Å²) in [5.74, 6) is -0.761. The third-order valence-electron chi connectivity index (χ3n) is 2.56. The molecule has 0 amide bonds. The fourth-order valence-electron chi connectivity index (χ4n) is 1.78. The molecule has 0 saturated carbocycles. The molecule has 0 radical (unpaired) electrons. The maximum absolute atomic E-state index is 11.2. The first-order valence-corrected chi connectivity index (χ1v) is 7.47. The topological polar surface area (TPSA) is 104 Å². The van der Waals surface area contributed by atoms with Gasteiger partial charge in [0.25, 0.3) is 9.05 Å². The van der Waals surface area contributed by atoms with Crippen molar-refractivity contribution in [3.8, 4) is 0 Å². The van der Waals surface area contributed by atoms with E-state index in [1.54, 1.807) is 0 Å². The van der Waals surface area contributed by atoms with Gasteiger partial charge in [0.05, 0.1) is 23.9 Å². The van der Waals surface area contributed by atoms with E-state index >= 15 is 0 Å². The number of nitrogens with zero attached hydrogens (tertiary/aromatic N) is 3. The summed E-state index contributed by atoms with van der Waals surface area (Å²) in [7, 11) is 0.936. The minimum atomic E-state index is -4.18. The summed E-state index contributed by atoms with van der Waals surface area (Å²) in [6.07, 6.45) is 2.68. The van der Waals surface area contributed by atoms with Gasteiger partial charge in [0.15, 0.2) is 0 Å². The maximum Gasteiger partial charge on any atom is 0.410 e. The Morgan fingerprint density at radius 1 is 1.67 bits per heavy atom. The van der Waals surface area contributed by atoms with Crippen molar-refractivity contribution in [3.05, 3.63) is 16.3 Å². The van der Waals surface area contributed by atoms with Gasteiger partial charge in [0, 0.05) is 17.3 Å². The van der Waals surface area contributed by atoms with E-state index < -0.39 is 24.7 Å². The van der Waals surface area contributed by atoms with Crippen LogP contribution >= 0.6 is 10.7 Å². The van der Waals surface area contributed by atoms with Gasteiger partial charge in [0.2, 0.25) is 4.90 Å². The minimum absolute atomic E-state index is 0.101. The molecular formula is C8H10ClN3O5S. The van der Waals surface area contributed by atoms with Crippen molar-refractivity contribution in [1.29, 1.82) is 0 Å². The van der Waals surface area contributed by atoms with E-state index in [1.807, 2.05) is 0 Å². The van der Waals surface area contributed by atoms with Crippen molar-refractivity contribution >= 4 is 25.6 Å². The second-order valence-electron chi connectivity index (χ2n) is 3.87. The molecule has 1 saturated heterocycles. The van der Waals surface area contributed by atoms with E-state index in [-0.39, 0.29) is 12.6 Å². The Bertz CT molecular complexity index is 563. The van der Waals surface area contributed by atoms with Gasteiger partial charge in [-0.3, -0.25) is 0 Å². The van der Waals surface area contributed by atoms with E-state index in [0.29, 0.717) is 6.61 Å². The largest absolute Gasteiger partial charge is 0.410 e. The highest BCUT2D eigenvalue weighted by atomic mass is 35.7. The third kappa shape index (κ3) is 2.79. The van der Waals surface area contributed by atoms with Crippen LogP contribution in [0.5, 0.6) is 0 Å². The van der Waals surface area contributed by atoms with Gasteiger partial charge < -0.3 is 14.9 Å². The molecule has 0 aliphatic carbocycles. The third-order valence-corrected chi connectivity index (χ3v) is 3.87. The van der Waals surface area contributed by atoms with Crippen molar-refractivity contribution < 1.29 is 18.1 Å². The molecule has 1 aliphatic heterocycles. The van der Waals surface area contributed by atoms with Gasteiger partial charge in [-0.25, -0.2) is 8.42 Å². The number of rotatable bonds is 4. The standard InChI is InChI=1S/C8H10ClN3O5S/c9-18(15,16)7-5-11(10-8(7)12(13)14)4-6-2-1-3-17-6/h5-6H,1-4H2. The number of ether oxygens (including phenoxy) is 1. The highest BCUT2D eigenvalue weighted by Crippen LogP contribution is 2.25. The normalized spacial score (nSPS) is 20.2. The lowest BCUT2D eigenvalue weighted by molar-refractivity contribution is -0.392. The van der Waals surface area contributed by atoms with Crippen LogP contribution in [0, 0.1) is 10.1 Å². The highest BCUT2D eigenvalue weighted by Gasteiger charge is 2.31. The minimum Gasteiger partial charge on any atom is -0.376 e. The molecule has 8 nitrogen and oxygen atoms in total. The van der Waals surface area contributed by atoms with Gasteiger partial charge in [-0.2, -0.15) is 4.68 Å². The Morgan fingerprint density at radius 2 is 2.39 bits per heavy atom. The quantitative estimate of drug-likeness (QED) is 0.464. The van der Waals surface area contributed by atoms with E-state index in [4.69, 9.17) is 15.4 Å². The van der Waals surface area contributed by atoms with Gasteiger partial charge in [-0.1, -0.05) is 0 Å². The van der Waals surface area contributed by atoms with Crippen molar-refractivity contribution in [2.45, 2.75) is 30.4 Å². The van der Waals surface area contributed by atoms with E-state index in [2.05, 4.69) is 5.10 Å². The summed E-state index contributed by atoms with van der Waals surface area (Å²) in [5.41, 5.74) is 0. The zero-order valence-corrected chi connectivity index (χ0v) is 10.7. The molecular weight excluding hydrogens is 286 g/mol. The van der Waals surface area contributed by atoms with Gasteiger partial charge >= 0.3 is 5.82 Å². The summed E-state index contributed by atoms with van der Waals surface area (Å²) in [5, 5.41) is 14.3. The van der Waals surface area contributed by atoms with Crippen LogP contribution < -0.4 is 0 Å². The van der Waals surface area contributed by atoms with Crippen LogP contribution in [0.1, 0.15) is 12.8 Å². The molecule has 1 unspecified atom stereocenters. The summed E-state index contributed by atoms with van der Waals surface area (Å²) >= 11 is 0. The Balaban J connectivity index is 2.30. The number of aromatic nitrogens is 2.